The molecule has 0 spiro atoms. The van der Waals surface area contributed by atoms with Crippen LogP contribution in [0.1, 0.15) is 0 Å². The Kier molecular flexibility index (Phi) is 1.66. The first-order chi connectivity index (χ1) is 4.47. The van der Waals surface area contributed by atoms with Crippen LogP contribution in [0, 0.1) is 0 Å². The molecular weight excluding hydrogens is 136 g/mol. The second-order valence-corrected chi connectivity index (χ2v) is 3.43. The van der Waals surface area contributed by atoms with Gasteiger partial charge in [0.05, 0.1) is 25.4 Å². The lowest BCUT2D eigenvalue weighted by atomic mass is 10.2. The van der Waals surface area contributed by atoms with E-state index in [0.29, 0.717) is 12.2 Å². The molecule has 2 nitrogen and oxygen atoms in total. The molecule has 52 valence electrons. The van der Waals surface area contributed by atoms with Crippen LogP contribution in [0.15, 0.2) is 0 Å². The number of thioether (sulfide) groups is 1. The molecule has 0 saturated carbocycles. The zero-order chi connectivity index (χ0) is 6.10. The first-order valence-corrected chi connectivity index (χ1v) is 4.43. The van der Waals surface area contributed by atoms with Gasteiger partial charge in [0.25, 0.3) is 0 Å². The average molecular weight is 146 g/mol. The van der Waals surface area contributed by atoms with E-state index in [1.807, 2.05) is 11.8 Å². The molecule has 0 aromatic heterocycles. The summed E-state index contributed by atoms with van der Waals surface area (Å²) in [6.45, 7) is 1.59. The third-order valence-electron chi connectivity index (χ3n) is 1.73. The molecule has 2 rings (SSSR count). The second kappa shape index (κ2) is 2.48. The van der Waals surface area contributed by atoms with Gasteiger partial charge >= 0.3 is 0 Å². The fourth-order valence-electron chi connectivity index (χ4n) is 1.22. The molecule has 9 heavy (non-hydrogen) atoms. The highest BCUT2D eigenvalue weighted by Gasteiger charge is 2.31. The summed E-state index contributed by atoms with van der Waals surface area (Å²) in [5.41, 5.74) is 0. The zero-order valence-electron chi connectivity index (χ0n) is 5.21. The van der Waals surface area contributed by atoms with Crippen LogP contribution < -0.4 is 0 Å². The Morgan fingerprint density at radius 1 is 1.00 bits per heavy atom. The van der Waals surface area contributed by atoms with Crippen molar-refractivity contribution in [1.29, 1.82) is 0 Å². The van der Waals surface area contributed by atoms with E-state index in [1.165, 1.54) is 0 Å². The minimum atomic E-state index is 0.406. The van der Waals surface area contributed by atoms with Crippen molar-refractivity contribution < 1.29 is 9.47 Å². The van der Waals surface area contributed by atoms with Gasteiger partial charge in [-0.05, 0) is 0 Å². The summed E-state index contributed by atoms with van der Waals surface area (Å²) in [6.07, 6.45) is 0.812. The fraction of sp³-hybridized carbons (Fsp3) is 1.00. The monoisotopic (exact) mass is 146 g/mol. The largest absolute Gasteiger partial charge is 0.372 e. The number of hydrogen-bond acceptors (Lipinski definition) is 3. The first-order valence-electron chi connectivity index (χ1n) is 3.28. The summed E-state index contributed by atoms with van der Waals surface area (Å²) in [7, 11) is 0. The number of fused-ring (bicyclic) bond motifs is 1. The molecule has 0 bridgehead atoms. The van der Waals surface area contributed by atoms with Gasteiger partial charge in [-0.3, -0.25) is 0 Å². The van der Waals surface area contributed by atoms with Crippen molar-refractivity contribution in [2.75, 3.05) is 24.7 Å². The van der Waals surface area contributed by atoms with Gasteiger partial charge in [0.15, 0.2) is 0 Å². The minimum absolute atomic E-state index is 0.406. The Morgan fingerprint density at radius 2 is 1.56 bits per heavy atom. The topological polar surface area (TPSA) is 18.5 Å². The molecule has 2 aliphatic rings. The van der Waals surface area contributed by atoms with Gasteiger partial charge in [-0.25, -0.2) is 0 Å². The van der Waals surface area contributed by atoms with Crippen LogP contribution in [0.4, 0.5) is 0 Å². The number of ether oxygens (including phenoxy) is 2. The third-order valence-corrected chi connectivity index (χ3v) is 2.85. The molecule has 2 fully saturated rings. The van der Waals surface area contributed by atoms with Gasteiger partial charge in [-0.2, -0.15) is 11.8 Å². The van der Waals surface area contributed by atoms with Crippen molar-refractivity contribution in [1.82, 2.24) is 0 Å². The Bertz CT molecular complexity index is 95.2. The van der Waals surface area contributed by atoms with Crippen LogP contribution in [0.3, 0.4) is 0 Å². The summed E-state index contributed by atoms with van der Waals surface area (Å²) in [6, 6.07) is 0. The van der Waals surface area contributed by atoms with E-state index in [9.17, 15) is 0 Å². The van der Waals surface area contributed by atoms with Gasteiger partial charge in [0.1, 0.15) is 0 Å². The number of hydrogen-bond donors (Lipinski definition) is 0. The molecule has 0 radical (unpaired) electrons. The van der Waals surface area contributed by atoms with Crippen LogP contribution in [0.2, 0.25) is 0 Å². The van der Waals surface area contributed by atoms with E-state index in [0.717, 1.165) is 24.7 Å². The fourth-order valence-corrected chi connectivity index (χ4v) is 2.45. The predicted octanol–water partition coefficient (Wildman–Crippen LogP) is 0.517. The Morgan fingerprint density at radius 3 is 2.11 bits per heavy atom. The van der Waals surface area contributed by atoms with Crippen molar-refractivity contribution in [3.8, 4) is 0 Å². The summed E-state index contributed by atoms with van der Waals surface area (Å²) in [4.78, 5) is 0. The van der Waals surface area contributed by atoms with E-state index in [1.54, 1.807) is 0 Å². The maximum Gasteiger partial charge on any atom is 0.0936 e. The van der Waals surface area contributed by atoms with Crippen molar-refractivity contribution in [3.63, 3.8) is 0 Å². The Balaban J connectivity index is 1.97. The molecule has 2 heterocycles. The zero-order valence-corrected chi connectivity index (χ0v) is 6.02. The van der Waals surface area contributed by atoms with Crippen molar-refractivity contribution in [3.05, 3.63) is 0 Å². The molecule has 0 N–H and O–H groups in total. The van der Waals surface area contributed by atoms with Crippen molar-refractivity contribution in [2.45, 2.75) is 12.2 Å². The second-order valence-electron chi connectivity index (χ2n) is 2.36. The molecule has 2 saturated heterocycles. The first kappa shape index (κ1) is 6.01. The predicted molar refractivity (Wildman–Crippen MR) is 36.8 cm³/mol. The lowest BCUT2D eigenvalue weighted by Gasteiger charge is -2.24. The summed E-state index contributed by atoms with van der Waals surface area (Å²) < 4.78 is 10.9. The smallest absolute Gasteiger partial charge is 0.0936 e. The molecule has 2 atom stereocenters. The molecule has 3 heteroatoms. The van der Waals surface area contributed by atoms with E-state index in [4.69, 9.17) is 9.47 Å². The molecule has 0 aliphatic carbocycles. The lowest BCUT2D eigenvalue weighted by molar-refractivity contribution is -0.116. The number of rotatable bonds is 0. The highest BCUT2D eigenvalue weighted by Crippen LogP contribution is 2.25. The minimum Gasteiger partial charge on any atom is -0.372 e. The maximum absolute atomic E-state index is 5.46. The molecule has 0 amide bonds. The van der Waals surface area contributed by atoms with Crippen LogP contribution >= 0.6 is 11.8 Å². The van der Waals surface area contributed by atoms with Crippen LogP contribution in [-0.2, 0) is 9.47 Å². The summed E-state index contributed by atoms with van der Waals surface area (Å²) >= 11 is 1.93. The van der Waals surface area contributed by atoms with Gasteiger partial charge < -0.3 is 9.47 Å². The van der Waals surface area contributed by atoms with Crippen LogP contribution in [0.25, 0.3) is 0 Å². The molecule has 0 aromatic rings. The van der Waals surface area contributed by atoms with Gasteiger partial charge in [-0.15, -0.1) is 0 Å². The van der Waals surface area contributed by atoms with E-state index in [2.05, 4.69) is 0 Å². The third kappa shape index (κ3) is 1.09. The SMILES string of the molecule is C1CO[C@@H]2CSC[C@H]2O1. The standard InChI is InChI=1S/C6H10O2S/c1-2-8-6-4-9-3-5(6)7-1/h5-6H,1-4H2/t5-,6-/m1/s1. The van der Waals surface area contributed by atoms with Crippen LogP contribution in [-0.4, -0.2) is 36.9 Å². The molecule has 0 aromatic carbocycles. The van der Waals surface area contributed by atoms with E-state index < -0.39 is 0 Å². The van der Waals surface area contributed by atoms with E-state index >= 15 is 0 Å². The highest BCUT2D eigenvalue weighted by molar-refractivity contribution is 7.99. The van der Waals surface area contributed by atoms with Gasteiger partial charge in [0, 0.05) is 11.5 Å². The molecule has 0 unspecified atom stereocenters. The normalized spacial score (nSPS) is 42.7. The lowest BCUT2D eigenvalue weighted by Crippen LogP contribution is -2.36. The van der Waals surface area contributed by atoms with Crippen molar-refractivity contribution in [2.24, 2.45) is 0 Å². The Labute approximate surface area is 58.9 Å². The summed E-state index contributed by atoms with van der Waals surface area (Å²) in [5.74, 6) is 2.26. The van der Waals surface area contributed by atoms with Gasteiger partial charge in [-0.1, -0.05) is 0 Å². The van der Waals surface area contributed by atoms with E-state index in [-0.39, 0.29) is 0 Å². The molecular formula is C6H10O2S. The van der Waals surface area contributed by atoms with Crippen molar-refractivity contribution >= 4 is 11.8 Å². The van der Waals surface area contributed by atoms with Crippen LogP contribution in [0.5, 0.6) is 0 Å². The van der Waals surface area contributed by atoms with Gasteiger partial charge in [0.2, 0.25) is 0 Å². The molecule has 2 aliphatic heterocycles. The summed E-state index contributed by atoms with van der Waals surface area (Å²) in [5, 5.41) is 0. The average Bonchev–Trinajstić information content (AvgIpc) is 2.33. The quantitative estimate of drug-likeness (QED) is 0.496. The Hall–Kier alpha value is 0.270. The maximum atomic E-state index is 5.46. The highest BCUT2D eigenvalue weighted by atomic mass is 32.2.